The number of rotatable bonds is 8. The van der Waals surface area contributed by atoms with Crippen LogP contribution >= 0.6 is 0 Å². The molecule has 7 rings (SSSR count). The number of hydrogen-bond donors (Lipinski definition) is 1. The summed E-state index contributed by atoms with van der Waals surface area (Å²) in [5, 5.41) is 3.39. The molecule has 43 heavy (non-hydrogen) atoms. The molecule has 11 atom stereocenters. The van der Waals surface area contributed by atoms with Crippen molar-refractivity contribution >= 4 is 5.91 Å². The van der Waals surface area contributed by atoms with Crippen molar-refractivity contribution in [2.45, 2.75) is 110 Å². The molecule has 5 nitrogen and oxygen atoms in total. The van der Waals surface area contributed by atoms with E-state index >= 15 is 0 Å². The molecule has 1 N–H and O–H groups in total. The zero-order valence-electron chi connectivity index (χ0n) is 27.3. The normalized spacial score (nSPS) is 42.9. The molecule has 5 heteroatoms. The van der Waals surface area contributed by atoms with Crippen LogP contribution in [0.5, 0.6) is 0 Å². The van der Waals surface area contributed by atoms with Crippen LogP contribution in [0.2, 0.25) is 0 Å². The Morgan fingerprint density at radius 2 is 1.84 bits per heavy atom. The number of hydrogen-bond acceptors (Lipinski definition) is 4. The molecule has 238 valence electrons. The van der Waals surface area contributed by atoms with Gasteiger partial charge < -0.3 is 19.7 Å². The third kappa shape index (κ3) is 5.52. The number of amides is 1. The molecule has 0 aromatic heterocycles. The molecule has 6 aliphatic rings. The summed E-state index contributed by atoms with van der Waals surface area (Å²) in [4.78, 5) is 15.8. The van der Waals surface area contributed by atoms with Gasteiger partial charge in [0.1, 0.15) is 0 Å². The molecule has 1 aromatic carbocycles. The summed E-state index contributed by atoms with van der Waals surface area (Å²) in [6.45, 7) is 12.3. The number of nitrogens with one attached hydrogen (secondary N) is 1. The number of carbonyl (C=O) groups excluding carboxylic acids is 1. The monoisotopic (exact) mass is 590 g/mol. The van der Waals surface area contributed by atoms with Crippen molar-refractivity contribution in [3.63, 3.8) is 0 Å². The summed E-state index contributed by atoms with van der Waals surface area (Å²) in [6.07, 6.45) is 15.5. The van der Waals surface area contributed by atoms with Crippen molar-refractivity contribution in [2.75, 3.05) is 32.8 Å². The SMILES string of the molecule is C[C@@H]1C(CCC(COCc2ccccc2)C(=O)N2CCNCC2)O[C@H]2C[C@H]3[C@@H]4CCC5CCCC[C@]5(C)[C@H]4CC[C@]3(C)[C@H]21. The van der Waals surface area contributed by atoms with Crippen molar-refractivity contribution in [1.29, 1.82) is 0 Å². The molecule has 0 spiro atoms. The quantitative estimate of drug-likeness (QED) is 0.351. The molecule has 0 radical (unpaired) electrons. The van der Waals surface area contributed by atoms with Gasteiger partial charge in [0.15, 0.2) is 0 Å². The maximum Gasteiger partial charge on any atom is 0.228 e. The Kier molecular flexibility index (Phi) is 8.72. The third-order valence-electron chi connectivity index (χ3n) is 14.2. The van der Waals surface area contributed by atoms with Crippen LogP contribution in [0.3, 0.4) is 0 Å². The lowest BCUT2D eigenvalue weighted by Crippen LogP contribution is -2.53. The molecule has 6 fully saturated rings. The smallest absolute Gasteiger partial charge is 0.228 e. The Labute approximate surface area is 261 Å². The van der Waals surface area contributed by atoms with E-state index in [4.69, 9.17) is 9.47 Å². The standard InChI is InChI=1S/C38H58N2O3/c1-26-33(15-12-28(36(41)40-21-19-39-20-22-40)25-42-24-27-9-5-4-6-10-27)43-34-23-32-30-14-13-29-11-7-8-17-37(29,2)31(30)16-18-38(32,3)35(26)34/h4-6,9-10,26,28-35,39H,7-8,11-25H2,1-3H3/t26-,28?,29?,30-,31+,32+,33?,34+,35+,37+,38+/m1/s1. The summed E-state index contributed by atoms with van der Waals surface area (Å²) < 4.78 is 13.2. The first kappa shape index (κ1) is 30.2. The predicted octanol–water partition coefficient (Wildman–Crippen LogP) is 7.09. The average molecular weight is 591 g/mol. The summed E-state index contributed by atoms with van der Waals surface area (Å²) in [5.74, 6) is 5.12. The zero-order chi connectivity index (χ0) is 29.6. The van der Waals surface area contributed by atoms with Crippen LogP contribution in [0.4, 0.5) is 0 Å². The van der Waals surface area contributed by atoms with Gasteiger partial charge in [0.2, 0.25) is 5.91 Å². The van der Waals surface area contributed by atoms with Gasteiger partial charge in [-0.3, -0.25) is 4.79 Å². The van der Waals surface area contributed by atoms with Gasteiger partial charge in [0.25, 0.3) is 0 Å². The lowest BCUT2D eigenvalue weighted by atomic mass is 9.44. The minimum Gasteiger partial charge on any atom is -0.376 e. The van der Waals surface area contributed by atoms with Gasteiger partial charge in [-0.05, 0) is 110 Å². The van der Waals surface area contributed by atoms with E-state index in [1.807, 2.05) is 6.07 Å². The highest BCUT2D eigenvalue weighted by molar-refractivity contribution is 5.79. The fourth-order valence-electron chi connectivity index (χ4n) is 12.0. The zero-order valence-corrected chi connectivity index (χ0v) is 27.3. The first-order valence-electron chi connectivity index (χ1n) is 18.1. The van der Waals surface area contributed by atoms with E-state index in [2.05, 4.69) is 55.3 Å². The van der Waals surface area contributed by atoms with Crippen LogP contribution in [0.25, 0.3) is 0 Å². The average Bonchev–Trinajstić information content (AvgIpc) is 3.51. The first-order valence-corrected chi connectivity index (χ1v) is 18.1. The summed E-state index contributed by atoms with van der Waals surface area (Å²) in [6, 6.07) is 10.3. The Bertz CT molecular complexity index is 1110. The van der Waals surface area contributed by atoms with Crippen LogP contribution in [-0.2, 0) is 20.9 Å². The van der Waals surface area contributed by atoms with E-state index in [-0.39, 0.29) is 17.9 Å². The van der Waals surface area contributed by atoms with Gasteiger partial charge in [-0.15, -0.1) is 0 Å². The molecule has 1 amide bonds. The number of ether oxygens (including phenoxy) is 2. The van der Waals surface area contributed by atoms with Gasteiger partial charge in [0, 0.05) is 26.2 Å². The second-order valence-corrected chi connectivity index (χ2v) is 16.1. The number of piperazine rings is 1. The van der Waals surface area contributed by atoms with E-state index in [0.717, 1.165) is 62.7 Å². The van der Waals surface area contributed by atoms with Crippen molar-refractivity contribution < 1.29 is 14.3 Å². The Morgan fingerprint density at radius 3 is 2.65 bits per heavy atom. The van der Waals surface area contributed by atoms with E-state index in [9.17, 15) is 4.79 Å². The Balaban J connectivity index is 0.998. The maximum atomic E-state index is 13.7. The molecule has 4 saturated carbocycles. The highest BCUT2D eigenvalue weighted by atomic mass is 16.5. The molecule has 3 unspecified atom stereocenters. The van der Waals surface area contributed by atoms with Crippen LogP contribution in [-0.4, -0.2) is 55.8 Å². The molecular formula is C38H58N2O3. The van der Waals surface area contributed by atoms with E-state index in [1.165, 1.54) is 63.4 Å². The lowest BCUT2D eigenvalue weighted by Gasteiger charge is -2.60. The molecule has 1 aromatic rings. The molecule has 2 aliphatic heterocycles. The van der Waals surface area contributed by atoms with E-state index in [0.29, 0.717) is 42.0 Å². The maximum absolute atomic E-state index is 13.7. The Hall–Kier alpha value is -1.43. The first-order chi connectivity index (χ1) is 20.9. The lowest BCUT2D eigenvalue weighted by molar-refractivity contribution is -0.139. The molecule has 2 saturated heterocycles. The highest BCUT2D eigenvalue weighted by Gasteiger charge is 2.65. The topological polar surface area (TPSA) is 50.8 Å². The molecule has 0 bridgehead atoms. The predicted molar refractivity (Wildman–Crippen MR) is 171 cm³/mol. The fourth-order valence-corrected chi connectivity index (χ4v) is 12.0. The largest absolute Gasteiger partial charge is 0.376 e. The van der Waals surface area contributed by atoms with Gasteiger partial charge in [-0.25, -0.2) is 0 Å². The summed E-state index contributed by atoms with van der Waals surface area (Å²) in [5.41, 5.74) is 2.19. The van der Waals surface area contributed by atoms with Crippen LogP contribution < -0.4 is 5.32 Å². The highest BCUT2D eigenvalue weighted by Crippen LogP contribution is 2.70. The molecule has 4 aliphatic carbocycles. The van der Waals surface area contributed by atoms with Crippen LogP contribution in [0.15, 0.2) is 30.3 Å². The van der Waals surface area contributed by atoms with Crippen molar-refractivity contribution in [3.05, 3.63) is 35.9 Å². The number of carbonyl (C=O) groups is 1. The van der Waals surface area contributed by atoms with Crippen molar-refractivity contribution in [2.24, 2.45) is 52.3 Å². The molecular weight excluding hydrogens is 532 g/mol. The summed E-state index contributed by atoms with van der Waals surface area (Å²) in [7, 11) is 0. The van der Waals surface area contributed by atoms with Crippen LogP contribution in [0.1, 0.15) is 97.0 Å². The Morgan fingerprint density at radius 1 is 1.02 bits per heavy atom. The second kappa shape index (κ2) is 12.4. The van der Waals surface area contributed by atoms with Gasteiger partial charge >= 0.3 is 0 Å². The minimum absolute atomic E-state index is 0.0942. The fraction of sp³-hybridized carbons (Fsp3) is 0.816. The van der Waals surface area contributed by atoms with Gasteiger partial charge in [-0.1, -0.05) is 63.9 Å². The third-order valence-corrected chi connectivity index (χ3v) is 14.2. The molecule has 2 heterocycles. The minimum atomic E-state index is -0.0942. The summed E-state index contributed by atoms with van der Waals surface area (Å²) >= 11 is 0. The van der Waals surface area contributed by atoms with Crippen molar-refractivity contribution in [3.8, 4) is 0 Å². The van der Waals surface area contributed by atoms with Gasteiger partial charge in [0.05, 0.1) is 31.3 Å². The van der Waals surface area contributed by atoms with E-state index < -0.39 is 0 Å². The van der Waals surface area contributed by atoms with Gasteiger partial charge in [-0.2, -0.15) is 0 Å². The van der Waals surface area contributed by atoms with Crippen molar-refractivity contribution in [1.82, 2.24) is 10.2 Å². The second-order valence-electron chi connectivity index (χ2n) is 16.1. The number of fused-ring (bicyclic) bond motifs is 7. The van der Waals surface area contributed by atoms with E-state index in [1.54, 1.807) is 0 Å². The van der Waals surface area contributed by atoms with Crippen LogP contribution in [0, 0.1) is 52.3 Å². The number of nitrogens with zero attached hydrogens (tertiary/aromatic N) is 1. The number of benzene rings is 1.